The first-order chi connectivity index (χ1) is 10.1. The van der Waals surface area contributed by atoms with E-state index in [1.54, 1.807) is 6.20 Å². The van der Waals surface area contributed by atoms with Crippen molar-refractivity contribution < 1.29 is 0 Å². The number of aryl methyl sites for hydroxylation is 2. The van der Waals surface area contributed by atoms with Gasteiger partial charge in [-0.1, -0.05) is 18.2 Å². The van der Waals surface area contributed by atoms with Gasteiger partial charge in [0.2, 0.25) is 0 Å². The van der Waals surface area contributed by atoms with Crippen LogP contribution in [0.3, 0.4) is 0 Å². The minimum Gasteiger partial charge on any atom is -0.272 e. The molecule has 0 amide bonds. The van der Waals surface area contributed by atoms with Crippen LogP contribution in [0.2, 0.25) is 0 Å². The molecule has 5 nitrogen and oxygen atoms in total. The Labute approximate surface area is 123 Å². The van der Waals surface area contributed by atoms with Crippen molar-refractivity contribution in [3.8, 4) is 0 Å². The summed E-state index contributed by atoms with van der Waals surface area (Å²) < 4.78 is 1.88. The fourth-order valence-corrected chi connectivity index (χ4v) is 2.82. The molecule has 2 heterocycles. The summed E-state index contributed by atoms with van der Waals surface area (Å²) in [4.78, 5) is 4.41. The fourth-order valence-electron chi connectivity index (χ4n) is 2.82. The molecule has 1 aromatic carbocycles. The van der Waals surface area contributed by atoms with Crippen LogP contribution in [0.4, 0.5) is 0 Å². The standard InChI is InChI=1S/C16H19N5/c1-10-15(11(2)21(3)20-10)16(19-17)13-7-6-12-5-4-8-18-14(12)9-13/h4-9,16,19H,17H2,1-3H3. The molecule has 21 heavy (non-hydrogen) atoms. The molecule has 2 aromatic heterocycles. The van der Waals surface area contributed by atoms with Gasteiger partial charge in [-0.2, -0.15) is 5.10 Å². The summed E-state index contributed by atoms with van der Waals surface area (Å²) in [7, 11) is 1.95. The highest BCUT2D eigenvalue weighted by atomic mass is 15.3. The second kappa shape index (κ2) is 5.27. The molecule has 0 aliphatic carbocycles. The van der Waals surface area contributed by atoms with Crippen LogP contribution in [0.15, 0.2) is 36.5 Å². The smallest absolute Gasteiger partial charge is 0.0746 e. The average molecular weight is 281 g/mol. The van der Waals surface area contributed by atoms with Crippen LogP contribution in [-0.2, 0) is 7.05 Å². The van der Waals surface area contributed by atoms with Gasteiger partial charge in [0.25, 0.3) is 0 Å². The largest absolute Gasteiger partial charge is 0.272 e. The lowest BCUT2D eigenvalue weighted by atomic mass is 9.96. The van der Waals surface area contributed by atoms with Gasteiger partial charge in [-0.25, -0.2) is 5.43 Å². The number of hydrazine groups is 1. The highest BCUT2D eigenvalue weighted by Crippen LogP contribution is 2.28. The number of aromatic nitrogens is 3. The molecule has 0 bridgehead atoms. The molecule has 0 spiro atoms. The lowest BCUT2D eigenvalue weighted by Gasteiger charge is -2.17. The van der Waals surface area contributed by atoms with Crippen LogP contribution in [0.25, 0.3) is 10.9 Å². The molecule has 0 saturated heterocycles. The van der Waals surface area contributed by atoms with E-state index < -0.39 is 0 Å². The molecular formula is C16H19N5. The molecule has 1 atom stereocenters. The van der Waals surface area contributed by atoms with Crippen LogP contribution in [0, 0.1) is 13.8 Å². The van der Waals surface area contributed by atoms with Gasteiger partial charge in [-0.05, 0) is 31.5 Å². The second-order valence-electron chi connectivity index (χ2n) is 5.26. The first kappa shape index (κ1) is 13.7. The second-order valence-corrected chi connectivity index (χ2v) is 5.26. The summed E-state index contributed by atoms with van der Waals surface area (Å²) in [5.41, 5.74) is 8.18. The zero-order valence-electron chi connectivity index (χ0n) is 12.5. The van der Waals surface area contributed by atoms with Crippen molar-refractivity contribution in [2.45, 2.75) is 19.9 Å². The third-order valence-electron chi connectivity index (χ3n) is 3.98. The normalized spacial score (nSPS) is 12.8. The third-order valence-corrected chi connectivity index (χ3v) is 3.98. The van der Waals surface area contributed by atoms with E-state index in [0.717, 1.165) is 33.4 Å². The molecule has 0 aliphatic rings. The van der Waals surface area contributed by atoms with E-state index in [1.807, 2.05) is 24.7 Å². The minimum absolute atomic E-state index is 0.0925. The zero-order valence-corrected chi connectivity index (χ0v) is 12.5. The molecular weight excluding hydrogens is 262 g/mol. The molecule has 0 aliphatic heterocycles. The van der Waals surface area contributed by atoms with E-state index in [-0.39, 0.29) is 6.04 Å². The van der Waals surface area contributed by atoms with Gasteiger partial charge in [-0.3, -0.25) is 15.5 Å². The Morgan fingerprint density at radius 3 is 2.71 bits per heavy atom. The summed E-state index contributed by atoms with van der Waals surface area (Å²) in [6.07, 6.45) is 1.80. The number of pyridine rings is 1. The van der Waals surface area contributed by atoms with Crippen molar-refractivity contribution in [2.75, 3.05) is 0 Å². The number of hydrogen-bond acceptors (Lipinski definition) is 4. The minimum atomic E-state index is -0.0925. The van der Waals surface area contributed by atoms with Gasteiger partial charge in [0.05, 0.1) is 17.3 Å². The Bertz CT molecular complexity index is 790. The van der Waals surface area contributed by atoms with Gasteiger partial charge in [-0.15, -0.1) is 0 Å². The maximum atomic E-state index is 5.82. The Morgan fingerprint density at radius 1 is 1.24 bits per heavy atom. The molecule has 3 N–H and O–H groups in total. The van der Waals surface area contributed by atoms with Crippen molar-refractivity contribution >= 4 is 10.9 Å². The van der Waals surface area contributed by atoms with E-state index >= 15 is 0 Å². The molecule has 108 valence electrons. The van der Waals surface area contributed by atoms with E-state index in [9.17, 15) is 0 Å². The molecule has 3 aromatic rings. The van der Waals surface area contributed by atoms with Crippen LogP contribution in [0.5, 0.6) is 0 Å². The van der Waals surface area contributed by atoms with Crippen molar-refractivity contribution in [3.63, 3.8) is 0 Å². The Kier molecular flexibility index (Phi) is 3.45. The molecule has 5 heteroatoms. The summed E-state index contributed by atoms with van der Waals surface area (Å²) >= 11 is 0. The predicted molar refractivity (Wildman–Crippen MR) is 83.6 cm³/mol. The van der Waals surface area contributed by atoms with Crippen molar-refractivity contribution in [1.82, 2.24) is 20.2 Å². The van der Waals surface area contributed by atoms with Gasteiger partial charge >= 0.3 is 0 Å². The summed E-state index contributed by atoms with van der Waals surface area (Å²) in [5.74, 6) is 5.82. The zero-order chi connectivity index (χ0) is 15.0. The average Bonchev–Trinajstić information content (AvgIpc) is 2.74. The number of nitrogens with zero attached hydrogens (tertiary/aromatic N) is 3. The van der Waals surface area contributed by atoms with Gasteiger partial charge in [0.15, 0.2) is 0 Å². The molecule has 3 rings (SSSR count). The molecule has 0 saturated carbocycles. The van der Waals surface area contributed by atoms with E-state index in [1.165, 1.54) is 0 Å². The number of nitrogens with one attached hydrogen (secondary N) is 1. The number of benzene rings is 1. The van der Waals surface area contributed by atoms with Gasteiger partial charge < -0.3 is 0 Å². The summed E-state index contributed by atoms with van der Waals surface area (Å²) in [6.45, 7) is 4.06. The lowest BCUT2D eigenvalue weighted by Crippen LogP contribution is -2.29. The molecule has 1 unspecified atom stereocenters. The number of nitrogens with two attached hydrogens (primary N) is 1. The highest BCUT2D eigenvalue weighted by molar-refractivity contribution is 5.79. The van der Waals surface area contributed by atoms with Crippen LogP contribution in [-0.4, -0.2) is 14.8 Å². The van der Waals surface area contributed by atoms with Crippen molar-refractivity contribution in [1.29, 1.82) is 0 Å². The molecule has 0 fully saturated rings. The Balaban J connectivity index is 2.13. The first-order valence-corrected chi connectivity index (χ1v) is 6.92. The van der Waals surface area contributed by atoms with E-state index in [2.05, 4.69) is 46.7 Å². The molecule has 0 radical (unpaired) electrons. The highest BCUT2D eigenvalue weighted by Gasteiger charge is 2.21. The lowest BCUT2D eigenvalue weighted by molar-refractivity contribution is 0.629. The van der Waals surface area contributed by atoms with Crippen LogP contribution >= 0.6 is 0 Å². The number of fused-ring (bicyclic) bond motifs is 1. The summed E-state index contributed by atoms with van der Waals surface area (Å²) in [5, 5.41) is 5.59. The van der Waals surface area contributed by atoms with Crippen LogP contribution < -0.4 is 11.3 Å². The SMILES string of the molecule is Cc1nn(C)c(C)c1C(NN)c1ccc2cccnc2c1. The maximum Gasteiger partial charge on any atom is 0.0746 e. The van der Waals surface area contributed by atoms with Crippen molar-refractivity contribution in [3.05, 3.63) is 59.0 Å². The van der Waals surface area contributed by atoms with Gasteiger partial charge in [0.1, 0.15) is 0 Å². The first-order valence-electron chi connectivity index (χ1n) is 6.92. The Hall–Kier alpha value is -2.24. The number of rotatable bonds is 3. The van der Waals surface area contributed by atoms with Crippen molar-refractivity contribution in [2.24, 2.45) is 12.9 Å². The quantitative estimate of drug-likeness (QED) is 0.570. The fraction of sp³-hybridized carbons (Fsp3) is 0.250. The topological polar surface area (TPSA) is 68.8 Å². The van der Waals surface area contributed by atoms with Crippen LogP contribution in [0.1, 0.15) is 28.6 Å². The van der Waals surface area contributed by atoms with E-state index in [4.69, 9.17) is 5.84 Å². The van der Waals surface area contributed by atoms with Gasteiger partial charge in [0, 0.05) is 29.9 Å². The number of hydrogen-bond donors (Lipinski definition) is 2. The Morgan fingerprint density at radius 2 is 2.05 bits per heavy atom. The predicted octanol–water partition coefficient (Wildman–Crippen LogP) is 2.14. The third kappa shape index (κ3) is 2.30. The summed E-state index contributed by atoms with van der Waals surface area (Å²) in [6, 6.07) is 10.1. The van der Waals surface area contributed by atoms with E-state index in [0.29, 0.717) is 0 Å². The monoisotopic (exact) mass is 281 g/mol. The maximum absolute atomic E-state index is 5.82.